The SMILES string of the molecule is COC(=O)C(=C=C([O-])OC)[n+]1cccc2ccccc21. The summed E-state index contributed by atoms with van der Waals surface area (Å²) in [5, 5.41) is 12.3. The van der Waals surface area contributed by atoms with E-state index in [4.69, 9.17) is 4.74 Å². The molecule has 1 heterocycles. The Morgan fingerprint density at radius 1 is 1.15 bits per heavy atom. The molecule has 0 fully saturated rings. The van der Waals surface area contributed by atoms with Gasteiger partial charge in [-0.05, 0) is 25.0 Å². The molecular formula is C15H13NO4. The Balaban J connectivity index is 2.76. The lowest BCUT2D eigenvalue weighted by Gasteiger charge is -2.05. The van der Waals surface area contributed by atoms with Gasteiger partial charge in [-0.3, -0.25) is 0 Å². The molecule has 0 aliphatic carbocycles. The molecule has 20 heavy (non-hydrogen) atoms. The lowest BCUT2D eigenvalue weighted by Crippen LogP contribution is -2.37. The van der Waals surface area contributed by atoms with Crippen molar-refractivity contribution in [2.24, 2.45) is 0 Å². The summed E-state index contributed by atoms with van der Waals surface area (Å²) < 4.78 is 10.8. The van der Waals surface area contributed by atoms with Crippen molar-refractivity contribution in [2.75, 3.05) is 14.2 Å². The number of rotatable bonds is 3. The van der Waals surface area contributed by atoms with Gasteiger partial charge in [0.15, 0.2) is 6.20 Å². The summed E-state index contributed by atoms with van der Waals surface area (Å²) in [6.07, 6.45) is 1.66. The van der Waals surface area contributed by atoms with Crippen molar-refractivity contribution in [3.8, 4) is 0 Å². The second-order valence-electron chi connectivity index (χ2n) is 3.89. The summed E-state index contributed by atoms with van der Waals surface area (Å²) in [5.41, 5.74) is 3.09. The second-order valence-corrected chi connectivity index (χ2v) is 3.89. The molecule has 0 spiro atoms. The van der Waals surface area contributed by atoms with E-state index in [0.29, 0.717) is 0 Å². The largest absolute Gasteiger partial charge is 0.611 e. The van der Waals surface area contributed by atoms with Crippen molar-refractivity contribution < 1.29 is 23.9 Å². The Kier molecular flexibility index (Phi) is 4.03. The Morgan fingerprint density at radius 2 is 1.85 bits per heavy atom. The van der Waals surface area contributed by atoms with Crippen molar-refractivity contribution in [1.29, 1.82) is 0 Å². The molecule has 0 aliphatic rings. The molecule has 0 unspecified atom stereocenters. The highest BCUT2D eigenvalue weighted by molar-refractivity contribution is 6.06. The number of hydrogen-bond acceptors (Lipinski definition) is 4. The minimum Gasteiger partial charge on any atom is -0.611 e. The molecule has 1 aromatic carbocycles. The zero-order chi connectivity index (χ0) is 14.5. The van der Waals surface area contributed by atoms with Gasteiger partial charge in [0.1, 0.15) is 5.95 Å². The third kappa shape index (κ3) is 2.63. The molecule has 0 saturated carbocycles. The van der Waals surface area contributed by atoms with Crippen LogP contribution in [0.15, 0.2) is 54.3 Å². The van der Waals surface area contributed by atoms with E-state index in [2.05, 4.69) is 10.5 Å². The molecule has 0 saturated heterocycles. The van der Waals surface area contributed by atoms with Crippen LogP contribution in [-0.4, -0.2) is 20.2 Å². The van der Waals surface area contributed by atoms with Crippen LogP contribution >= 0.6 is 0 Å². The number of para-hydroxylation sites is 1. The minimum absolute atomic E-state index is 0.0313. The minimum atomic E-state index is -0.745. The van der Waals surface area contributed by atoms with Crippen LogP contribution < -0.4 is 9.67 Å². The summed E-state index contributed by atoms with van der Waals surface area (Å²) in [6.45, 7) is 0. The summed E-state index contributed by atoms with van der Waals surface area (Å²) in [7, 11) is 2.46. The number of carbonyl (C=O) groups excluding carboxylic acids is 1. The van der Waals surface area contributed by atoms with Gasteiger partial charge in [-0.15, -0.1) is 4.57 Å². The molecule has 5 nitrogen and oxygen atoms in total. The molecule has 2 aromatic rings. The van der Waals surface area contributed by atoms with Gasteiger partial charge in [-0.25, -0.2) is 4.79 Å². The number of aromatic nitrogens is 1. The van der Waals surface area contributed by atoms with Crippen LogP contribution in [0.25, 0.3) is 16.6 Å². The molecule has 0 atom stereocenters. The zero-order valence-electron chi connectivity index (χ0n) is 11.1. The van der Waals surface area contributed by atoms with Gasteiger partial charge in [0.2, 0.25) is 5.52 Å². The quantitative estimate of drug-likeness (QED) is 0.269. The van der Waals surface area contributed by atoms with Crippen LogP contribution in [0, 0.1) is 0 Å². The summed E-state index contributed by atoms with van der Waals surface area (Å²) in [5.74, 6) is -1.41. The first kappa shape index (κ1) is 13.6. The maximum absolute atomic E-state index is 11.9. The van der Waals surface area contributed by atoms with Crippen LogP contribution in [0.1, 0.15) is 0 Å². The van der Waals surface area contributed by atoms with E-state index in [1.165, 1.54) is 18.8 Å². The molecule has 0 radical (unpaired) electrons. The number of nitrogens with zero attached hydrogens (tertiary/aromatic N) is 1. The van der Waals surface area contributed by atoms with Crippen molar-refractivity contribution in [1.82, 2.24) is 0 Å². The van der Waals surface area contributed by atoms with Gasteiger partial charge in [-0.1, -0.05) is 12.1 Å². The highest BCUT2D eigenvalue weighted by atomic mass is 16.6. The average molecular weight is 271 g/mol. The molecule has 2 rings (SSSR count). The molecule has 0 N–H and O–H groups in total. The first-order valence-electron chi connectivity index (χ1n) is 5.87. The molecule has 0 bridgehead atoms. The number of benzene rings is 1. The van der Waals surface area contributed by atoms with Gasteiger partial charge in [0, 0.05) is 17.5 Å². The first-order chi connectivity index (χ1) is 9.67. The van der Waals surface area contributed by atoms with Crippen LogP contribution in [0.4, 0.5) is 0 Å². The molecular weight excluding hydrogens is 258 g/mol. The average Bonchev–Trinajstić information content (AvgIpc) is 2.51. The van der Waals surface area contributed by atoms with Crippen molar-refractivity contribution >= 4 is 22.6 Å². The van der Waals surface area contributed by atoms with E-state index in [-0.39, 0.29) is 5.70 Å². The van der Waals surface area contributed by atoms with Gasteiger partial charge < -0.3 is 14.6 Å². The standard InChI is InChI=1S/C15H13NO4/c1-19-14(17)10-13(15(18)20-2)16-9-5-7-11-6-3-4-8-12(11)16/h3-9H,1-2H3. The zero-order valence-corrected chi connectivity index (χ0v) is 11.1. The Morgan fingerprint density at radius 3 is 2.55 bits per heavy atom. The Bertz CT molecular complexity index is 709. The monoisotopic (exact) mass is 271 g/mol. The van der Waals surface area contributed by atoms with E-state index >= 15 is 0 Å². The number of methoxy groups -OCH3 is 2. The van der Waals surface area contributed by atoms with E-state index in [0.717, 1.165) is 10.9 Å². The molecule has 1 aromatic heterocycles. The van der Waals surface area contributed by atoms with Crippen molar-refractivity contribution in [2.45, 2.75) is 0 Å². The first-order valence-corrected chi connectivity index (χ1v) is 5.87. The van der Waals surface area contributed by atoms with E-state index in [9.17, 15) is 9.90 Å². The van der Waals surface area contributed by atoms with Gasteiger partial charge in [0.05, 0.1) is 7.11 Å². The predicted octanol–water partition coefficient (Wildman–Crippen LogP) is 0.588. The van der Waals surface area contributed by atoms with Crippen LogP contribution in [0.5, 0.6) is 0 Å². The number of fused-ring (bicyclic) bond motifs is 1. The number of pyridine rings is 1. The third-order valence-corrected chi connectivity index (χ3v) is 2.73. The predicted molar refractivity (Wildman–Crippen MR) is 69.9 cm³/mol. The lowest BCUT2D eigenvalue weighted by molar-refractivity contribution is -0.549. The van der Waals surface area contributed by atoms with Gasteiger partial charge in [-0.2, -0.15) is 0 Å². The molecule has 102 valence electrons. The molecule has 0 aliphatic heterocycles. The van der Waals surface area contributed by atoms with E-state index in [1.807, 2.05) is 30.3 Å². The maximum Gasteiger partial charge on any atom is 0.412 e. The number of ether oxygens (including phenoxy) is 2. The number of hydrogen-bond donors (Lipinski definition) is 0. The van der Waals surface area contributed by atoms with Crippen LogP contribution in [0.2, 0.25) is 0 Å². The topological polar surface area (TPSA) is 62.5 Å². The highest BCUT2D eigenvalue weighted by Gasteiger charge is 2.23. The maximum atomic E-state index is 11.9. The van der Waals surface area contributed by atoms with Gasteiger partial charge in [0.25, 0.3) is 0 Å². The van der Waals surface area contributed by atoms with Gasteiger partial charge >= 0.3 is 11.7 Å². The van der Waals surface area contributed by atoms with Crippen LogP contribution in [0.3, 0.4) is 0 Å². The van der Waals surface area contributed by atoms with Crippen molar-refractivity contribution in [3.63, 3.8) is 0 Å². The fraction of sp³-hybridized carbons (Fsp3) is 0.133. The van der Waals surface area contributed by atoms with E-state index in [1.54, 1.807) is 12.3 Å². The Labute approximate surface area is 116 Å². The smallest absolute Gasteiger partial charge is 0.412 e. The summed E-state index contributed by atoms with van der Waals surface area (Å²) in [6, 6.07) is 11.1. The number of esters is 1. The highest BCUT2D eigenvalue weighted by Crippen LogP contribution is 2.10. The van der Waals surface area contributed by atoms with E-state index < -0.39 is 11.9 Å². The second kappa shape index (κ2) is 5.91. The fourth-order valence-electron chi connectivity index (χ4n) is 1.81. The normalized spacial score (nSPS) is 9.70. The third-order valence-electron chi connectivity index (χ3n) is 2.73. The summed E-state index contributed by atoms with van der Waals surface area (Å²) >= 11 is 0. The lowest BCUT2D eigenvalue weighted by atomic mass is 10.2. The molecule has 5 heteroatoms. The molecule has 0 amide bonds. The van der Waals surface area contributed by atoms with Crippen LogP contribution in [-0.2, 0) is 14.3 Å². The Hall–Kier alpha value is -2.78. The summed E-state index contributed by atoms with van der Waals surface area (Å²) in [4.78, 5) is 11.9. The van der Waals surface area contributed by atoms with Crippen molar-refractivity contribution in [3.05, 3.63) is 54.3 Å². The number of carbonyl (C=O) groups is 1. The fourth-order valence-corrected chi connectivity index (χ4v) is 1.81.